The fourth-order valence-corrected chi connectivity index (χ4v) is 5.60. The van der Waals surface area contributed by atoms with Crippen molar-refractivity contribution in [3.05, 3.63) is 57.8 Å². The molecule has 1 atom stereocenters. The Morgan fingerprint density at radius 1 is 1.00 bits per heavy atom. The second-order valence-electron chi connectivity index (χ2n) is 8.39. The number of piperazine rings is 1. The maximum absolute atomic E-state index is 13.4. The Morgan fingerprint density at radius 2 is 1.75 bits per heavy atom. The van der Waals surface area contributed by atoms with Gasteiger partial charge in [-0.15, -0.1) is 11.3 Å². The highest BCUT2D eigenvalue weighted by Gasteiger charge is 2.54. The van der Waals surface area contributed by atoms with E-state index in [0.29, 0.717) is 37.5 Å². The Labute approximate surface area is 189 Å². The Bertz CT molecular complexity index is 1080. The van der Waals surface area contributed by atoms with E-state index in [1.165, 1.54) is 11.3 Å². The summed E-state index contributed by atoms with van der Waals surface area (Å²) in [5, 5.41) is 4.75. The van der Waals surface area contributed by atoms with Crippen LogP contribution in [0, 0.1) is 0 Å². The molecule has 2 fully saturated rings. The minimum absolute atomic E-state index is 0.0286. The number of thiophene rings is 1. The SMILES string of the molecule is O=C(CN1C(=O)N[C@@]2(CCCc3ccccc32)C1=O)N1CCN(C(=O)c2cccs2)CC1. The summed E-state index contributed by atoms with van der Waals surface area (Å²) in [5.41, 5.74) is 0.824. The van der Waals surface area contributed by atoms with E-state index in [-0.39, 0.29) is 24.3 Å². The molecule has 5 rings (SSSR count). The molecule has 1 aliphatic carbocycles. The van der Waals surface area contributed by atoms with E-state index in [2.05, 4.69) is 5.32 Å². The minimum Gasteiger partial charge on any atom is -0.338 e. The van der Waals surface area contributed by atoms with Gasteiger partial charge in [0.15, 0.2) is 0 Å². The number of urea groups is 1. The maximum atomic E-state index is 13.4. The molecule has 8 nitrogen and oxygen atoms in total. The van der Waals surface area contributed by atoms with Gasteiger partial charge in [-0.05, 0) is 41.8 Å². The molecular weight excluding hydrogens is 428 g/mol. The Kier molecular flexibility index (Phi) is 5.21. The molecular formula is C23H24N4O4S. The first-order valence-corrected chi connectivity index (χ1v) is 11.7. The van der Waals surface area contributed by atoms with Crippen LogP contribution in [0.15, 0.2) is 41.8 Å². The highest BCUT2D eigenvalue weighted by Crippen LogP contribution is 2.39. The molecule has 1 N–H and O–H groups in total. The summed E-state index contributed by atoms with van der Waals surface area (Å²) in [6.45, 7) is 1.34. The predicted molar refractivity (Wildman–Crippen MR) is 118 cm³/mol. The van der Waals surface area contributed by atoms with Crippen LogP contribution in [0.4, 0.5) is 4.79 Å². The number of nitrogens with one attached hydrogen (secondary N) is 1. The number of carbonyl (C=O) groups excluding carboxylic acids is 4. The van der Waals surface area contributed by atoms with Crippen LogP contribution in [0.5, 0.6) is 0 Å². The number of hydrogen-bond donors (Lipinski definition) is 1. The fraction of sp³-hybridized carbons (Fsp3) is 0.391. The first kappa shape index (κ1) is 20.7. The lowest BCUT2D eigenvalue weighted by atomic mass is 9.76. The Hall–Kier alpha value is -3.20. The van der Waals surface area contributed by atoms with Gasteiger partial charge in [-0.2, -0.15) is 0 Å². The number of benzene rings is 1. The highest BCUT2D eigenvalue weighted by atomic mass is 32.1. The number of imide groups is 1. The van der Waals surface area contributed by atoms with Crippen LogP contribution in [0.1, 0.15) is 33.6 Å². The van der Waals surface area contributed by atoms with Crippen molar-refractivity contribution in [1.82, 2.24) is 20.0 Å². The number of fused-ring (bicyclic) bond motifs is 2. The van der Waals surface area contributed by atoms with Crippen molar-refractivity contribution in [2.24, 2.45) is 0 Å². The van der Waals surface area contributed by atoms with Gasteiger partial charge in [-0.25, -0.2) is 4.79 Å². The number of hydrogen-bond acceptors (Lipinski definition) is 5. The van der Waals surface area contributed by atoms with Gasteiger partial charge in [0.2, 0.25) is 5.91 Å². The standard InChI is InChI=1S/C23H24N4O4S/c28-19(25-10-12-26(13-11-25)20(29)18-8-4-14-32-18)15-27-21(30)23(24-22(27)31)9-3-6-16-5-1-2-7-17(16)23/h1-2,4-5,7-8,14H,3,6,9-13,15H2,(H,24,31)/t23-/m1/s1. The summed E-state index contributed by atoms with van der Waals surface area (Å²) < 4.78 is 0. The van der Waals surface area contributed by atoms with E-state index in [9.17, 15) is 19.2 Å². The first-order valence-electron chi connectivity index (χ1n) is 10.8. The Balaban J connectivity index is 1.25. The fourth-order valence-electron chi connectivity index (χ4n) is 4.91. The molecule has 0 unspecified atom stereocenters. The van der Waals surface area contributed by atoms with Crippen molar-refractivity contribution < 1.29 is 19.2 Å². The third-order valence-corrected chi connectivity index (χ3v) is 7.45. The molecule has 32 heavy (non-hydrogen) atoms. The van der Waals surface area contributed by atoms with E-state index in [1.54, 1.807) is 15.9 Å². The van der Waals surface area contributed by atoms with Crippen molar-refractivity contribution >= 4 is 35.1 Å². The van der Waals surface area contributed by atoms with Crippen LogP contribution in [0.25, 0.3) is 0 Å². The topological polar surface area (TPSA) is 90.0 Å². The molecule has 1 spiro atoms. The van der Waals surface area contributed by atoms with Crippen molar-refractivity contribution in [2.75, 3.05) is 32.7 Å². The molecule has 1 aromatic carbocycles. The number of rotatable bonds is 3. The zero-order valence-electron chi connectivity index (χ0n) is 17.6. The molecule has 0 saturated carbocycles. The van der Waals surface area contributed by atoms with E-state index in [0.717, 1.165) is 28.9 Å². The van der Waals surface area contributed by atoms with Gasteiger partial charge in [0.25, 0.3) is 11.8 Å². The summed E-state index contributed by atoms with van der Waals surface area (Å²) in [6.07, 6.45) is 2.20. The average Bonchev–Trinajstić information content (AvgIpc) is 3.43. The largest absolute Gasteiger partial charge is 0.338 e. The summed E-state index contributed by atoms with van der Waals surface area (Å²) in [7, 11) is 0. The molecule has 5 amide bonds. The molecule has 9 heteroatoms. The lowest BCUT2D eigenvalue weighted by Gasteiger charge is -2.35. The monoisotopic (exact) mass is 452 g/mol. The average molecular weight is 453 g/mol. The van der Waals surface area contributed by atoms with Crippen LogP contribution >= 0.6 is 11.3 Å². The smallest absolute Gasteiger partial charge is 0.325 e. The summed E-state index contributed by atoms with van der Waals surface area (Å²) in [5.74, 6) is -0.661. The second-order valence-corrected chi connectivity index (χ2v) is 9.34. The van der Waals surface area contributed by atoms with Gasteiger partial charge in [0, 0.05) is 26.2 Å². The van der Waals surface area contributed by atoms with E-state index in [4.69, 9.17) is 0 Å². The molecule has 2 aromatic rings. The van der Waals surface area contributed by atoms with Crippen LogP contribution in [-0.2, 0) is 21.5 Å². The molecule has 0 radical (unpaired) electrons. The Morgan fingerprint density at radius 3 is 2.50 bits per heavy atom. The highest BCUT2D eigenvalue weighted by molar-refractivity contribution is 7.12. The van der Waals surface area contributed by atoms with Crippen LogP contribution in [0.3, 0.4) is 0 Å². The lowest BCUT2D eigenvalue weighted by Crippen LogP contribution is -2.53. The quantitative estimate of drug-likeness (QED) is 0.720. The summed E-state index contributed by atoms with van der Waals surface area (Å²) >= 11 is 1.40. The third kappa shape index (κ3) is 3.37. The van der Waals surface area contributed by atoms with Crippen LogP contribution in [-0.4, -0.2) is 71.2 Å². The van der Waals surface area contributed by atoms with E-state index >= 15 is 0 Å². The molecule has 3 aliphatic rings. The number of nitrogens with zero attached hydrogens (tertiary/aromatic N) is 3. The normalized spacial score (nSPS) is 22.8. The maximum Gasteiger partial charge on any atom is 0.325 e. The van der Waals surface area contributed by atoms with E-state index in [1.807, 2.05) is 35.7 Å². The van der Waals surface area contributed by atoms with E-state index < -0.39 is 11.6 Å². The summed E-state index contributed by atoms with van der Waals surface area (Å²) in [6, 6.07) is 10.8. The molecule has 166 valence electrons. The molecule has 1 aromatic heterocycles. The van der Waals surface area contributed by atoms with Gasteiger partial charge in [-0.3, -0.25) is 19.3 Å². The minimum atomic E-state index is -1.07. The molecule has 0 bridgehead atoms. The van der Waals surface area contributed by atoms with Crippen LogP contribution in [0.2, 0.25) is 0 Å². The van der Waals surface area contributed by atoms with Gasteiger partial charge in [-0.1, -0.05) is 30.3 Å². The second kappa shape index (κ2) is 8.05. The van der Waals surface area contributed by atoms with Crippen molar-refractivity contribution in [3.63, 3.8) is 0 Å². The predicted octanol–water partition coefficient (Wildman–Crippen LogP) is 1.82. The van der Waals surface area contributed by atoms with Crippen molar-refractivity contribution in [2.45, 2.75) is 24.8 Å². The van der Waals surface area contributed by atoms with Crippen molar-refractivity contribution in [3.8, 4) is 0 Å². The van der Waals surface area contributed by atoms with Crippen molar-refractivity contribution in [1.29, 1.82) is 0 Å². The third-order valence-electron chi connectivity index (χ3n) is 6.60. The van der Waals surface area contributed by atoms with Gasteiger partial charge >= 0.3 is 6.03 Å². The van der Waals surface area contributed by atoms with Crippen LogP contribution < -0.4 is 5.32 Å². The zero-order valence-corrected chi connectivity index (χ0v) is 18.4. The zero-order chi connectivity index (χ0) is 22.3. The molecule has 3 heterocycles. The van der Waals surface area contributed by atoms with Gasteiger partial charge < -0.3 is 15.1 Å². The lowest BCUT2D eigenvalue weighted by molar-refractivity contribution is -0.140. The number of carbonyl (C=O) groups is 4. The first-order chi connectivity index (χ1) is 15.5. The van der Waals surface area contributed by atoms with Gasteiger partial charge in [0.05, 0.1) is 4.88 Å². The molecule has 2 saturated heterocycles. The number of amides is 5. The number of aryl methyl sites for hydroxylation is 1. The molecule has 2 aliphatic heterocycles. The van der Waals surface area contributed by atoms with Gasteiger partial charge in [0.1, 0.15) is 12.1 Å². The summed E-state index contributed by atoms with van der Waals surface area (Å²) in [4.78, 5) is 56.6.